The molecule has 2 heterocycles. The van der Waals surface area contributed by atoms with Crippen molar-refractivity contribution >= 4 is 22.5 Å². The zero-order valence-corrected chi connectivity index (χ0v) is 20.9. The molecule has 1 saturated heterocycles. The van der Waals surface area contributed by atoms with Crippen LogP contribution in [0.3, 0.4) is 0 Å². The quantitative estimate of drug-likeness (QED) is 0.190. The van der Waals surface area contributed by atoms with Crippen molar-refractivity contribution in [2.45, 2.75) is 31.9 Å². The largest absolute Gasteiger partial charge is 0.497 e. The Bertz CT molecular complexity index is 1260. The molecule has 204 valence electrons. The number of ether oxygens (including phenoxy) is 1. The van der Waals surface area contributed by atoms with Gasteiger partial charge in [-0.15, -0.1) is 0 Å². The Morgan fingerprint density at radius 2 is 1.87 bits per heavy atom. The number of pyridine rings is 1. The van der Waals surface area contributed by atoms with Gasteiger partial charge < -0.3 is 15.0 Å². The van der Waals surface area contributed by atoms with Gasteiger partial charge in [0.2, 0.25) is 5.91 Å². The number of carbonyl (C=O) groups is 1. The third-order valence-electron chi connectivity index (χ3n) is 7.27. The fraction of sp³-hybridized carbons (Fsp3) is 0.407. The van der Waals surface area contributed by atoms with E-state index in [4.69, 9.17) is 4.74 Å². The van der Waals surface area contributed by atoms with Crippen LogP contribution in [0.25, 0.3) is 10.9 Å². The lowest BCUT2D eigenvalue weighted by Gasteiger charge is -2.40. The van der Waals surface area contributed by atoms with Crippen molar-refractivity contribution in [1.82, 2.24) is 15.4 Å². The molecule has 1 aliphatic rings. The monoisotopic (exact) mass is 534 g/mol. The van der Waals surface area contributed by atoms with E-state index >= 15 is 4.39 Å². The van der Waals surface area contributed by atoms with Gasteiger partial charge in [0, 0.05) is 35.8 Å². The average molecular weight is 535 g/mol. The molecule has 0 radical (unpaired) electrons. The molecule has 1 atom stereocenters. The molecule has 3 N–H and O–H groups in total. The lowest BCUT2D eigenvalue weighted by Crippen LogP contribution is -2.49. The number of likely N-dealkylation sites (tertiary alicyclic amines) is 1. The van der Waals surface area contributed by atoms with Crippen molar-refractivity contribution in [3.8, 4) is 5.75 Å². The third-order valence-corrected chi connectivity index (χ3v) is 7.27. The van der Waals surface area contributed by atoms with Gasteiger partial charge in [-0.3, -0.25) is 15.0 Å². The van der Waals surface area contributed by atoms with Crippen molar-refractivity contribution in [2.75, 3.05) is 38.6 Å². The van der Waals surface area contributed by atoms with E-state index in [2.05, 4.69) is 15.2 Å². The Morgan fingerprint density at radius 1 is 1.16 bits per heavy atom. The molecule has 2 aromatic carbocycles. The number of anilines is 1. The maximum absolute atomic E-state index is 15.5. The normalized spacial score (nSPS) is 16.3. The first-order valence-electron chi connectivity index (χ1n) is 12.4. The maximum Gasteiger partial charge on any atom is 0.249 e. The van der Waals surface area contributed by atoms with Crippen molar-refractivity contribution in [1.29, 1.82) is 0 Å². The molecule has 38 heavy (non-hydrogen) atoms. The first-order chi connectivity index (χ1) is 18.2. The van der Waals surface area contributed by atoms with Crippen LogP contribution in [0.15, 0.2) is 42.6 Å². The van der Waals surface area contributed by atoms with E-state index in [1.54, 1.807) is 17.6 Å². The third kappa shape index (κ3) is 6.16. The summed E-state index contributed by atoms with van der Waals surface area (Å²) >= 11 is 0. The Morgan fingerprint density at radius 3 is 2.53 bits per heavy atom. The molecule has 1 amide bonds. The predicted molar refractivity (Wildman–Crippen MR) is 134 cm³/mol. The summed E-state index contributed by atoms with van der Waals surface area (Å²) in [7, 11) is 1.46. The van der Waals surface area contributed by atoms with Crippen LogP contribution in [0, 0.1) is 22.9 Å². The van der Waals surface area contributed by atoms with E-state index in [1.807, 2.05) is 0 Å². The number of carbonyl (C=O) groups excluding carboxylic acids is 1. The van der Waals surface area contributed by atoms with E-state index < -0.39 is 34.9 Å². The molecular weight excluding hydrogens is 504 g/mol. The lowest BCUT2D eigenvalue weighted by atomic mass is 9.73. The minimum atomic E-state index is -1.70. The number of aromatic nitrogens is 1. The summed E-state index contributed by atoms with van der Waals surface area (Å²) in [6.45, 7) is 1.96. The van der Waals surface area contributed by atoms with Crippen molar-refractivity contribution in [3.05, 3.63) is 65.6 Å². The second kappa shape index (κ2) is 12.0. The van der Waals surface area contributed by atoms with Crippen LogP contribution in [0.4, 0.5) is 23.2 Å². The zero-order chi connectivity index (χ0) is 27.3. The number of hydrogen-bond donors (Lipinski definition) is 3. The molecule has 3 aromatic rings. The van der Waals surface area contributed by atoms with Crippen LogP contribution < -0.4 is 15.5 Å². The van der Waals surface area contributed by atoms with E-state index in [0.717, 1.165) is 12.3 Å². The molecule has 11 heteroatoms. The Hall–Kier alpha value is -3.44. The second-order valence-corrected chi connectivity index (χ2v) is 9.56. The predicted octanol–water partition coefficient (Wildman–Crippen LogP) is 5.15. The van der Waals surface area contributed by atoms with E-state index in [1.165, 1.54) is 25.3 Å². The number of alkyl halides is 1. The molecule has 4 rings (SSSR count). The van der Waals surface area contributed by atoms with Gasteiger partial charge in [-0.1, -0.05) is 0 Å². The van der Waals surface area contributed by atoms with Gasteiger partial charge in [0.1, 0.15) is 29.4 Å². The fourth-order valence-electron chi connectivity index (χ4n) is 5.09. The van der Waals surface area contributed by atoms with Gasteiger partial charge in [-0.05, 0) is 69.1 Å². The molecule has 7 nitrogen and oxygen atoms in total. The summed E-state index contributed by atoms with van der Waals surface area (Å²) in [5, 5.41) is 12.7. The van der Waals surface area contributed by atoms with E-state index in [9.17, 15) is 23.2 Å². The molecule has 1 aliphatic heterocycles. The number of hydroxylamine groups is 1. The number of hydrogen-bond acceptors (Lipinski definition) is 6. The van der Waals surface area contributed by atoms with Crippen LogP contribution in [0.2, 0.25) is 0 Å². The highest BCUT2D eigenvalue weighted by molar-refractivity contribution is 5.84. The van der Waals surface area contributed by atoms with Crippen LogP contribution in [0.5, 0.6) is 5.75 Å². The van der Waals surface area contributed by atoms with Crippen molar-refractivity contribution in [2.24, 2.45) is 5.41 Å². The number of piperidine rings is 1. The topological polar surface area (TPSA) is 86.7 Å². The molecule has 1 unspecified atom stereocenters. The zero-order valence-electron chi connectivity index (χ0n) is 20.9. The number of methoxy groups -OCH3 is 1. The smallest absolute Gasteiger partial charge is 0.249 e. The minimum absolute atomic E-state index is 0.0996. The Balaban J connectivity index is 1.39. The second-order valence-electron chi connectivity index (χ2n) is 9.56. The summed E-state index contributed by atoms with van der Waals surface area (Å²) in [4.78, 5) is 18.8. The summed E-state index contributed by atoms with van der Waals surface area (Å²) in [6.07, 6.45) is -0.0415. The van der Waals surface area contributed by atoms with Gasteiger partial charge >= 0.3 is 0 Å². The average Bonchev–Trinajstić information content (AvgIpc) is 2.91. The number of nitrogens with one attached hydrogen (secondary N) is 2. The number of fused-ring (bicyclic) bond motifs is 1. The first-order valence-corrected chi connectivity index (χ1v) is 12.4. The SMILES string of the molecule is COc1ccc2ncc(F)c(C(F)CCC3(C(=O)NO)CCN(CCNc4cc(F)cc(F)c4)CC3)c2c1. The number of amides is 1. The minimum Gasteiger partial charge on any atom is -0.497 e. The van der Waals surface area contributed by atoms with Gasteiger partial charge in [-0.2, -0.15) is 0 Å². The molecule has 0 spiro atoms. The van der Waals surface area contributed by atoms with Crippen molar-refractivity contribution in [3.63, 3.8) is 0 Å². The summed E-state index contributed by atoms with van der Waals surface area (Å²) in [6, 6.07) is 8.02. The molecular formula is C27H30F4N4O3. The van der Waals surface area contributed by atoms with Crippen molar-refractivity contribution < 1.29 is 32.3 Å². The van der Waals surface area contributed by atoms with E-state index in [0.29, 0.717) is 61.4 Å². The molecule has 1 aromatic heterocycles. The van der Waals surface area contributed by atoms with Crippen LogP contribution in [0.1, 0.15) is 37.4 Å². The number of nitrogens with zero attached hydrogens (tertiary/aromatic N) is 2. The van der Waals surface area contributed by atoms with Gasteiger partial charge in [0.25, 0.3) is 0 Å². The number of rotatable bonds is 10. The fourth-order valence-corrected chi connectivity index (χ4v) is 5.09. The highest BCUT2D eigenvalue weighted by Crippen LogP contribution is 2.41. The Labute approximate surface area is 217 Å². The lowest BCUT2D eigenvalue weighted by molar-refractivity contribution is -0.143. The summed E-state index contributed by atoms with van der Waals surface area (Å²) in [5.41, 5.74) is 1.32. The Kier molecular flexibility index (Phi) is 8.68. The molecule has 0 aliphatic carbocycles. The van der Waals surface area contributed by atoms with Gasteiger partial charge in [-0.25, -0.2) is 23.0 Å². The van der Waals surface area contributed by atoms with Gasteiger partial charge in [0.15, 0.2) is 0 Å². The number of halogens is 4. The first kappa shape index (κ1) is 27.6. The molecule has 0 saturated carbocycles. The molecule has 0 bridgehead atoms. The van der Waals surface area contributed by atoms with Crippen LogP contribution in [-0.2, 0) is 4.79 Å². The highest BCUT2D eigenvalue weighted by Gasteiger charge is 2.41. The standard InChI is InChI=1S/C27H30F4N4O3/c1-38-20-2-3-24-21(15-20)25(23(31)16-33-24)22(30)4-5-27(26(36)34-37)6-9-35(10-7-27)11-8-32-19-13-17(28)12-18(29)14-19/h2-3,12-16,22,32,37H,4-11H2,1H3,(H,34,36). The van der Waals surface area contributed by atoms with Gasteiger partial charge in [0.05, 0.1) is 24.2 Å². The number of benzene rings is 2. The maximum atomic E-state index is 15.5. The summed E-state index contributed by atoms with van der Waals surface area (Å²) < 4.78 is 62.2. The highest BCUT2D eigenvalue weighted by atomic mass is 19.1. The van der Waals surface area contributed by atoms with Crippen LogP contribution >= 0.6 is 0 Å². The van der Waals surface area contributed by atoms with E-state index in [-0.39, 0.29) is 18.4 Å². The van der Waals surface area contributed by atoms with Crippen LogP contribution in [-0.4, -0.2) is 54.3 Å². The molecule has 1 fully saturated rings. The summed E-state index contributed by atoms with van der Waals surface area (Å²) in [5.74, 6) is -2.27.